The standard InChI is InChI=1S/C24H26ClN5O4/c1-5-32-20-12-17(8-11-19(20)33-13-16-6-9-18(25)10-7-16)22-21(23(31)34-14(2)3)15(4)26-24-27-28-29-30(22)24/h6-12,14,22H,5,13H2,1-4H3,(H,26,27,29). The number of allylic oxidation sites excluding steroid dienone is 1. The first-order chi connectivity index (χ1) is 16.4. The Morgan fingerprint density at radius 1 is 1.15 bits per heavy atom. The Morgan fingerprint density at radius 3 is 2.62 bits per heavy atom. The van der Waals surface area contributed by atoms with Gasteiger partial charge in [0.15, 0.2) is 11.5 Å². The Balaban J connectivity index is 1.69. The molecule has 1 aliphatic heterocycles. The largest absolute Gasteiger partial charge is 0.490 e. The van der Waals surface area contributed by atoms with Crippen molar-refractivity contribution in [3.05, 3.63) is 69.9 Å². The van der Waals surface area contributed by atoms with Gasteiger partial charge < -0.3 is 19.5 Å². The van der Waals surface area contributed by atoms with Crippen LogP contribution in [0.25, 0.3) is 0 Å². The van der Waals surface area contributed by atoms with Crippen molar-refractivity contribution in [2.45, 2.75) is 46.4 Å². The van der Waals surface area contributed by atoms with E-state index in [4.69, 9.17) is 25.8 Å². The molecule has 0 aliphatic carbocycles. The zero-order valence-electron chi connectivity index (χ0n) is 19.4. The second-order valence-electron chi connectivity index (χ2n) is 8.02. The topological polar surface area (TPSA) is 100 Å². The number of hydrogen-bond donors (Lipinski definition) is 1. The maximum atomic E-state index is 13.0. The summed E-state index contributed by atoms with van der Waals surface area (Å²) in [6, 6.07) is 12.4. The Labute approximate surface area is 202 Å². The lowest BCUT2D eigenvalue weighted by Gasteiger charge is -2.28. The van der Waals surface area contributed by atoms with Crippen molar-refractivity contribution in [2.24, 2.45) is 0 Å². The van der Waals surface area contributed by atoms with E-state index < -0.39 is 12.0 Å². The van der Waals surface area contributed by atoms with Gasteiger partial charge >= 0.3 is 5.97 Å². The SMILES string of the molecule is CCOc1cc(C2C(C(=O)OC(C)C)=C(C)Nc3nnnn32)ccc1OCc1ccc(Cl)cc1. The summed E-state index contributed by atoms with van der Waals surface area (Å²) in [7, 11) is 0. The Kier molecular flexibility index (Phi) is 7.02. The highest BCUT2D eigenvalue weighted by molar-refractivity contribution is 6.30. The summed E-state index contributed by atoms with van der Waals surface area (Å²) in [6.45, 7) is 8.11. The van der Waals surface area contributed by atoms with Gasteiger partial charge in [0.2, 0.25) is 5.95 Å². The number of hydrogen-bond acceptors (Lipinski definition) is 8. The van der Waals surface area contributed by atoms with Crippen LogP contribution in [-0.2, 0) is 16.1 Å². The van der Waals surface area contributed by atoms with Gasteiger partial charge in [-0.2, -0.15) is 4.68 Å². The van der Waals surface area contributed by atoms with E-state index in [9.17, 15) is 4.79 Å². The fourth-order valence-electron chi connectivity index (χ4n) is 3.69. The summed E-state index contributed by atoms with van der Waals surface area (Å²) in [4.78, 5) is 13.0. The number of benzene rings is 2. The van der Waals surface area contributed by atoms with E-state index >= 15 is 0 Å². The van der Waals surface area contributed by atoms with E-state index in [0.29, 0.717) is 47.0 Å². The molecule has 0 radical (unpaired) electrons. The average Bonchev–Trinajstić information content (AvgIpc) is 3.26. The molecule has 1 aromatic heterocycles. The van der Waals surface area contributed by atoms with Crippen molar-refractivity contribution in [1.82, 2.24) is 20.2 Å². The van der Waals surface area contributed by atoms with Crippen LogP contribution in [0.1, 0.15) is 44.9 Å². The maximum Gasteiger partial charge on any atom is 0.338 e. The zero-order valence-corrected chi connectivity index (χ0v) is 20.2. The van der Waals surface area contributed by atoms with E-state index in [1.54, 1.807) is 11.6 Å². The van der Waals surface area contributed by atoms with Crippen LogP contribution in [0.4, 0.5) is 5.95 Å². The van der Waals surface area contributed by atoms with Gasteiger partial charge in [-0.05, 0) is 73.5 Å². The van der Waals surface area contributed by atoms with Crippen molar-refractivity contribution in [3.63, 3.8) is 0 Å². The second kappa shape index (κ2) is 10.1. The molecule has 1 unspecified atom stereocenters. The van der Waals surface area contributed by atoms with Gasteiger partial charge in [-0.15, -0.1) is 0 Å². The zero-order chi connectivity index (χ0) is 24.2. The van der Waals surface area contributed by atoms with E-state index in [0.717, 1.165) is 11.1 Å². The lowest BCUT2D eigenvalue weighted by Crippen LogP contribution is -2.30. The van der Waals surface area contributed by atoms with Gasteiger partial charge in [0, 0.05) is 10.7 Å². The molecular weight excluding hydrogens is 458 g/mol. The van der Waals surface area contributed by atoms with Crippen LogP contribution in [0.15, 0.2) is 53.7 Å². The molecular formula is C24H26ClN5O4. The second-order valence-corrected chi connectivity index (χ2v) is 8.46. The third-order valence-corrected chi connectivity index (χ3v) is 5.42. The van der Waals surface area contributed by atoms with Gasteiger partial charge in [-0.3, -0.25) is 0 Å². The van der Waals surface area contributed by atoms with Crippen molar-refractivity contribution >= 4 is 23.5 Å². The minimum Gasteiger partial charge on any atom is -0.490 e. The minimum atomic E-state index is -0.595. The fourth-order valence-corrected chi connectivity index (χ4v) is 3.81. The third kappa shape index (κ3) is 4.99. The predicted octanol–water partition coefficient (Wildman–Crippen LogP) is 4.54. The Bertz CT molecular complexity index is 1210. The van der Waals surface area contributed by atoms with Gasteiger partial charge in [-0.1, -0.05) is 34.9 Å². The smallest absolute Gasteiger partial charge is 0.338 e. The highest BCUT2D eigenvalue weighted by atomic mass is 35.5. The van der Waals surface area contributed by atoms with E-state index in [2.05, 4.69) is 20.8 Å². The summed E-state index contributed by atoms with van der Waals surface area (Å²) in [6.07, 6.45) is -0.272. The summed E-state index contributed by atoms with van der Waals surface area (Å²) in [5, 5.41) is 15.6. The molecule has 1 aliphatic rings. The molecule has 0 bridgehead atoms. The monoisotopic (exact) mass is 483 g/mol. The number of nitrogens with zero attached hydrogens (tertiary/aromatic N) is 4. The number of aromatic nitrogens is 4. The van der Waals surface area contributed by atoms with Crippen molar-refractivity contribution in [2.75, 3.05) is 11.9 Å². The first kappa shape index (κ1) is 23.6. The van der Waals surface area contributed by atoms with Crippen LogP contribution in [-0.4, -0.2) is 38.9 Å². The molecule has 1 atom stereocenters. The van der Waals surface area contributed by atoms with Gasteiger partial charge in [0.25, 0.3) is 0 Å². The van der Waals surface area contributed by atoms with Gasteiger partial charge in [0.1, 0.15) is 12.6 Å². The quantitative estimate of drug-likeness (QED) is 0.466. The normalized spacial score (nSPS) is 15.1. The van der Waals surface area contributed by atoms with Crippen molar-refractivity contribution < 1.29 is 19.0 Å². The number of halogens is 1. The molecule has 3 aromatic rings. The van der Waals surface area contributed by atoms with Crippen LogP contribution >= 0.6 is 11.6 Å². The van der Waals surface area contributed by atoms with Gasteiger partial charge in [0.05, 0.1) is 18.3 Å². The minimum absolute atomic E-state index is 0.272. The molecule has 9 nitrogen and oxygen atoms in total. The van der Waals surface area contributed by atoms with E-state index in [-0.39, 0.29) is 6.10 Å². The number of tetrazole rings is 1. The number of carbonyl (C=O) groups excluding carboxylic acids is 1. The number of carbonyl (C=O) groups is 1. The summed E-state index contributed by atoms with van der Waals surface area (Å²) in [5.41, 5.74) is 2.78. The third-order valence-electron chi connectivity index (χ3n) is 5.17. The van der Waals surface area contributed by atoms with E-state index in [1.807, 2.05) is 63.2 Å². The number of nitrogens with one attached hydrogen (secondary N) is 1. The molecule has 0 fully saturated rings. The lowest BCUT2D eigenvalue weighted by atomic mass is 9.95. The van der Waals surface area contributed by atoms with E-state index in [1.165, 1.54) is 0 Å². The van der Waals surface area contributed by atoms with Crippen LogP contribution in [0.5, 0.6) is 11.5 Å². The molecule has 1 N–H and O–H groups in total. The maximum absolute atomic E-state index is 13.0. The van der Waals surface area contributed by atoms with Crippen LogP contribution in [0, 0.1) is 0 Å². The molecule has 2 aromatic carbocycles. The Morgan fingerprint density at radius 2 is 1.91 bits per heavy atom. The van der Waals surface area contributed by atoms with Crippen molar-refractivity contribution in [3.8, 4) is 11.5 Å². The first-order valence-corrected chi connectivity index (χ1v) is 11.4. The first-order valence-electron chi connectivity index (χ1n) is 11.0. The molecule has 0 spiro atoms. The molecule has 10 heteroatoms. The highest BCUT2D eigenvalue weighted by Gasteiger charge is 2.35. The summed E-state index contributed by atoms with van der Waals surface area (Å²) in [5.74, 6) is 1.13. The average molecular weight is 484 g/mol. The molecule has 34 heavy (non-hydrogen) atoms. The highest BCUT2D eigenvalue weighted by Crippen LogP contribution is 2.39. The van der Waals surface area contributed by atoms with Crippen LogP contribution < -0.4 is 14.8 Å². The number of fused-ring (bicyclic) bond motifs is 1. The Hall–Kier alpha value is -3.59. The predicted molar refractivity (Wildman–Crippen MR) is 127 cm³/mol. The van der Waals surface area contributed by atoms with Gasteiger partial charge in [-0.25, -0.2) is 4.79 Å². The summed E-state index contributed by atoms with van der Waals surface area (Å²) >= 11 is 5.97. The fraction of sp³-hybridized carbons (Fsp3) is 0.333. The molecule has 4 rings (SSSR count). The lowest BCUT2D eigenvalue weighted by molar-refractivity contribution is -0.143. The number of rotatable bonds is 8. The van der Waals surface area contributed by atoms with Crippen LogP contribution in [0.2, 0.25) is 5.02 Å². The molecule has 0 saturated heterocycles. The molecule has 0 amide bonds. The number of esters is 1. The number of ether oxygens (including phenoxy) is 3. The van der Waals surface area contributed by atoms with Crippen molar-refractivity contribution in [1.29, 1.82) is 0 Å². The molecule has 2 heterocycles. The molecule has 0 saturated carbocycles. The van der Waals surface area contributed by atoms with Crippen LogP contribution in [0.3, 0.4) is 0 Å². The summed E-state index contributed by atoms with van der Waals surface area (Å²) < 4.78 is 19.0. The number of anilines is 1. The molecule has 178 valence electrons.